The lowest BCUT2D eigenvalue weighted by atomic mass is 10.3. The summed E-state index contributed by atoms with van der Waals surface area (Å²) < 4.78 is 12.8. The molecule has 94 valence electrons. The molecule has 0 aliphatic rings. The predicted molar refractivity (Wildman–Crippen MR) is 72.3 cm³/mol. The number of rotatable bonds is 4. The molecule has 1 aromatic heterocycles. The van der Waals surface area contributed by atoms with E-state index in [0.717, 1.165) is 22.1 Å². The molecule has 2 aromatic rings. The molecule has 0 unspecified atom stereocenters. The zero-order valence-electron chi connectivity index (χ0n) is 9.86. The number of nitrogens with zero attached hydrogens (tertiary/aromatic N) is 2. The van der Waals surface area contributed by atoms with E-state index in [1.807, 2.05) is 13.0 Å². The maximum atomic E-state index is 12.8. The van der Waals surface area contributed by atoms with E-state index in [1.54, 1.807) is 23.9 Å². The van der Waals surface area contributed by atoms with Crippen LogP contribution in [-0.2, 0) is 11.6 Å². The highest BCUT2D eigenvalue weighted by molar-refractivity contribution is 7.98. The van der Waals surface area contributed by atoms with Crippen LogP contribution in [0.4, 0.5) is 4.39 Å². The number of aromatic nitrogens is 2. The molecule has 0 saturated carbocycles. The van der Waals surface area contributed by atoms with E-state index in [1.165, 1.54) is 12.1 Å². The molecule has 5 heteroatoms. The third-order valence-electron chi connectivity index (χ3n) is 2.27. The first-order chi connectivity index (χ1) is 8.67. The number of benzene rings is 1. The highest BCUT2D eigenvalue weighted by Gasteiger charge is 2.03. The van der Waals surface area contributed by atoms with Crippen molar-refractivity contribution >= 4 is 23.4 Å². The number of thioether (sulfide) groups is 1. The highest BCUT2D eigenvalue weighted by Crippen LogP contribution is 2.21. The van der Waals surface area contributed by atoms with Gasteiger partial charge in [0, 0.05) is 10.6 Å². The summed E-state index contributed by atoms with van der Waals surface area (Å²) in [5.74, 6) is 1.56. The Morgan fingerprint density at radius 1 is 1.22 bits per heavy atom. The minimum Gasteiger partial charge on any atom is -0.237 e. The zero-order chi connectivity index (χ0) is 13.0. The van der Waals surface area contributed by atoms with Crippen LogP contribution in [0.15, 0.2) is 35.2 Å². The van der Waals surface area contributed by atoms with Gasteiger partial charge in [-0.05, 0) is 37.3 Å². The first-order valence-electron chi connectivity index (χ1n) is 5.45. The van der Waals surface area contributed by atoms with Gasteiger partial charge in [0.05, 0.1) is 17.3 Å². The molecule has 1 aromatic carbocycles. The molecule has 2 rings (SSSR count). The molecular weight excluding hydrogens is 271 g/mol. The van der Waals surface area contributed by atoms with Gasteiger partial charge in [0.15, 0.2) is 0 Å². The Labute approximate surface area is 115 Å². The second kappa shape index (κ2) is 6.16. The molecule has 0 aliphatic heterocycles. The molecule has 2 nitrogen and oxygen atoms in total. The molecular formula is C13H12ClFN2S. The van der Waals surface area contributed by atoms with Crippen molar-refractivity contribution in [2.75, 3.05) is 0 Å². The van der Waals surface area contributed by atoms with Crippen LogP contribution in [0.1, 0.15) is 17.2 Å². The van der Waals surface area contributed by atoms with Crippen molar-refractivity contribution in [1.29, 1.82) is 0 Å². The van der Waals surface area contributed by atoms with Gasteiger partial charge < -0.3 is 0 Å². The van der Waals surface area contributed by atoms with E-state index in [2.05, 4.69) is 9.97 Å². The first kappa shape index (κ1) is 13.3. The summed E-state index contributed by atoms with van der Waals surface area (Å²) in [5.41, 5.74) is 1.74. The lowest BCUT2D eigenvalue weighted by Gasteiger charge is -2.04. The second-order valence-corrected chi connectivity index (χ2v) is 5.11. The summed E-state index contributed by atoms with van der Waals surface area (Å²) in [4.78, 5) is 9.69. The first-order valence-corrected chi connectivity index (χ1v) is 6.97. The second-order valence-electron chi connectivity index (χ2n) is 3.79. The fourth-order valence-corrected chi connectivity index (χ4v) is 2.40. The molecule has 1 heterocycles. The average molecular weight is 283 g/mol. The normalized spacial score (nSPS) is 10.6. The Kier molecular flexibility index (Phi) is 4.55. The average Bonchev–Trinajstić information content (AvgIpc) is 2.37. The largest absolute Gasteiger partial charge is 0.237 e. The van der Waals surface area contributed by atoms with Gasteiger partial charge >= 0.3 is 0 Å². The maximum Gasteiger partial charge on any atom is 0.139 e. The SMILES string of the molecule is Cc1cc(CCl)nc(CSc2ccc(F)cc2)n1. The summed E-state index contributed by atoms with van der Waals surface area (Å²) in [7, 11) is 0. The monoisotopic (exact) mass is 282 g/mol. The van der Waals surface area contributed by atoms with Crippen molar-refractivity contribution in [2.24, 2.45) is 0 Å². The van der Waals surface area contributed by atoms with E-state index in [-0.39, 0.29) is 5.82 Å². The molecule has 0 N–H and O–H groups in total. The van der Waals surface area contributed by atoms with Crippen LogP contribution >= 0.6 is 23.4 Å². The quantitative estimate of drug-likeness (QED) is 0.627. The molecule has 18 heavy (non-hydrogen) atoms. The Bertz CT molecular complexity index is 531. The predicted octanol–water partition coefficient (Wildman–Crippen LogP) is 3.96. The van der Waals surface area contributed by atoms with Crippen LogP contribution in [0.2, 0.25) is 0 Å². The van der Waals surface area contributed by atoms with Crippen molar-refractivity contribution < 1.29 is 4.39 Å². The van der Waals surface area contributed by atoms with E-state index < -0.39 is 0 Å². The van der Waals surface area contributed by atoms with Gasteiger partial charge in [0.2, 0.25) is 0 Å². The minimum atomic E-state index is -0.226. The molecule has 0 bridgehead atoms. The Balaban J connectivity index is 2.05. The van der Waals surface area contributed by atoms with Gasteiger partial charge in [-0.3, -0.25) is 0 Å². The third kappa shape index (κ3) is 3.68. The smallest absolute Gasteiger partial charge is 0.139 e. The van der Waals surface area contributed by atoms with Crippen LogP contribution < -0.4 is 0 Å². The number of hydrogen-bond acceptors (Lipinski definition) is 3. The number of aryl methyl sites for hydroxylation is 1. The van der Waals surface area contributed by atoms with Gasteiger partial charge in [-0.2, -0.15) is 0 Å². The van der Waals surface area contributed by atoms with E-state index in [4.69, 9.17) is 11.6 Å². The summed E-state index contributed by atoms with van der Waals surface area (Å²) >= 11 is 7.34. The van der Waals surface area contributed by atoms with Crippen molar-refractivity contribution in [3.05, 3.63) is 53.4 Å². The van der Waals surface area contributed by atoms with E-state index >= 15 is 0 Å². The molecule has 0 amide bonds. The van der Waals surface area contributed by atoms with Gasteiger partial charge in [0.25, 0.3) is 0 Å². The summed E-state index contributed by atoms with van der Waals surface area (Å²) in [6.45, 7) is 1.92. The van der Waals surface area contributed by atoms with Crippen LogP contribution in [0.25, 0.3) is 0 Å². The Morgan fingerprint density at radius 2 is 1.94 bits per heavy atom. The zero-order valence-corrected chi connectivity index (χ0v) is 11.4. The number of hydrogen-bond donors (Lipinski definition) is 0. The highest BCUT2D eigenvalue weighted by atomic mass is 35.5. The fraction of sp³-hybridized carbons (Fsp3) is 0.231. The third-order valence-corrected chi connectivity index (χ3v) is 3.55. The molecule has 0 aliphatic carbocycles. The lowest BCUT2D eigenvalue weighted by molar-refractivity contribution is 0.626. The lowest BCUT2D eigenvalue weighted by Crippen LogP contribution is -1.98. The molecule has 0 atom stereocenters. The van der Waals surface area contributed by atoms with Gasteiger partial charge in [-0.15, -0.1) is 23.4 Å². The van der Waals surface area contributed by atoms with Crippen molar-refractivity contribution in [1.82, 2.24) is 9.97 Å². The van der Waals surface area contributed by atoms with Gasteiger partial charge in [-0.25, -0.2) is 14.4 Å². The van der Waals surface area contributed by atoms with Crippen LogP contribution in [0, 0.1) is 12.7 Å². The Hall–Kier alpha value is -1.13. The molecule has 0 radical (unpaired) electrons. The maximum absolute atomic E-state index is 12.8. The van der Waals surface area contributed by atoms with Crippen molar-refractivity contribution in [2.45, 2.75) is 23.5 Å². The summed E-state index contributed by atoms with van der Waals surface area (Å²) in [6.07, 6.45) is 0. The molecule has 0 spiro atoms. The Morgan fingerprint density at radius 3 is 2.61 bits per heavy atom. The summed E-state index contributed by atoms with van der Waals surface area (Å²) in [6, 6.07) is 8.27. The van der Waals surface area contributed by atoms with Crippen molar-refractivity contribution in [3.63, 3.8) is 0 Å². The number of halogens is 2. The van der Waals surface area contributed by atoms with Gasteiger partial charge in [0.1, 0.15) is 11.6 Å². The van der Waals surface area contributed by atoms with Gasteiger partial charge in [-0.1, -0.05) is 0 Å². The van der Waals surface area contributed by atoms with Crippen LogP contribution in [-0.4, -0.2) is 9.97 Å². The van der Waals surface area contributed by atoms with Crippen LogP contribution in [0.5, 0.6) is 0 Å². The minimum absolute atomic E-state index is 0.226. The fourth-order valence-electron chi connectivity index (χ4n) is 1.51. The number of alkyl halides is 1. The van der Waals surface area contributed by atoms with Crippen LogP contribution in [0.3, 0.4) is 0 Å². The summed E-state index contributed by atoms with van der Waals surface area (Å²) in [5, 5.41) is 0. The topological polar surface area (TPSA) is 25.8 Å². The standard InChI is InChI=1S/C13H12ClFN2S/c1-9-6-11(7-14)17-13(16-9)8-18-12-4-2-10(15)3-5-12/h2-6H,7-8H2,1H3. The van der Waals surface area contributed by atoms with E-state index in [0.29, 0.717) is 11.6 Å². The molecule has 0 saturated heterocycles. The molecule has 0 fully saturated rings. The van der Waals surface area contributed by atoms with Crippen molar-refractivity contribution in [3.8, 4) is 0 Å². The van der Waals surface area contributed by atoms with E-state index in [9.17, 15) is 4.39 Å².